The monoisotopic (exact) mass is 397 g/mol. The number of aromatic nitrogens is 2. The Balaban J connectivity index is 1.52. The highest BCUT2D eigenvalue weighted by atomic mass is 32.2. The van der Waals surface area contributed by atoms with E-state index in [4.69, 9.17) is 24.2 Å². The maximum Gasteiger partial charge on any atom is 0.152 e. The van der Waals surface area contributed by atoms with E-state index in [0.29, 0.717) is 12.5 Å². The molecule has 5 rings (SSSR count). The van der Waals surface area contributed by atoms with Crippen molar-refractivity contribution in [2.75, 3.05) is 44.3 Å². The van der Waals surface area contributed by atoms with Crippen LogP contribution in [0.3, 0.4) is 0 Å². The molecule has 2 aromatic rings. The second kappa shape index (κ2) is 7.73. The van der Waals surface area contributed by atoms with Crippen molar-refractivity contribution in [3.63, 3.8) is 0 Å². The fraction of sp³-hybridized carbons (Fsp3) is 0.429. The Morgan fingerprint density at radius 1 is 1.21 bits per heavy atom. The van der Waals surface area contributed by atoms with E-state index >= 15 is 0 Å². The van der Waals surface area contributed by atoms with Crippen LogP contribution < -0.4 is 9.64 Å². The van der Waals surface area contributed by atoms with Gasteiger partial charge in [0, 0.05) is 29.2 Å². The molecular formula is C21H23N3O3S. The van der Waals surface area contributed by atoms with E-state index in [1.54, 1.807) is 7.11 Å². The molecule has 1 fully saturated rings. The van der Waals surface area contributed by atoms with Crippen molar-refractivity contribution >= 4 is 34.2 Å². The van der Waals surface area contributed by atoms with Gasteiger partial charge in [-0.3, -0.25) is 0 Å². The first kappa shape index (κ1) is 18.0. The fourth-order valence-electron chi connectivity index (χ4n) is 3.89. The quantitative estimate of drug-likeness (QED) is 0.777. The lowest BCUT2D eigenvalue weighted by Gasteiger charge is -2.18. The Bertz CT molecular complexity index is 953. The summed E-state index contributed by atoms with van der Waals surface area (Å²) in [4.78, 5) is 13.3. The van der Waals surface area contributed by atoms with Gasteiger partial charge in [-0.1, -0.05) is 6.08 Å². The van der Waals surface area contributed by atoms with Gasteiger partial charge in [0.25, 0.3) is 0 Å². The number of anilines is 1. The molecule has 0 amide bonds. The molecule has 1 saturated heterocycles. The van der Waals surface area contributed by atoms with E-state index in [9.17, 15) is 0 Å². The normalized spacial score (nSPS) is 22.5. The van der Waals surface area contributed by atoms with Crippen LogP contribution in [0.2, 0.25) is 0 Å². The lowest BCUT2D eigenvalue weighted by atomic mass is 9.99. The molecule has 146 valence electrons. The minimum absolute atomic E-state index is 0.519. The average Bonchev–Trinajstić information content (AvgIpc) is 3.45. The van der Waals surface area contributed by atoms with Crippen molar-refractivity contribution in [1.29, 1.82) is 0 Å². The molecule has 3 aliphatic heterocycles. The van der Waals surface area contributed by atoms with Crippen LogP contribution in [0.4, 0.5) is 5.82 Å². The third-order valence-electron chi connectivity index (χ3n) is 5.46. The van der Waals surface area contributed by atoms with Gasteiger partial charge in [-0.2, -0.15) is 0 Å². The van der Waals surface area contributed by atoms with Gasteiger partial charge in [0.1, 0.15) is 16.8 Å². The molecule has 1 aromatic heterocycles. The molecule has 6 nitrogen and oxygen atoms in total. The zero-order chi connectivity index (χ0) is 18.9. The molecule has 3 aliphatic rings. The van der Waals surface area contributed by atoms with Crippen LogP contribution in [0.25, 0.3) is 16.6 Å². The molecule has 0 aliphatic carbocycles. The Kier molecular flexibility index (Phi) is 4.96. The van der Waals surface area contributed by atoms with Crippen LogP contribution in [0.1, 0.15) is 18.4 Å². The SMILES string of the molecule is COc1ccc(C2=CCOCC2)c2ncc(N3C=C(C4CCOC4)SC3)nc12. The number of methoxy groups -OCH3 is 1. The topological polar surface area (TPSA) is 56.7 Å². The zero-order valence-corrected chi connectivity index (χ0v) is 16.7. The van der Waals surface area contributed by atoms with Gasteiger partial charge in [0.2, 0.25) is 0 Å². The molecule has 1 unspecified atom stereocenters. The van der Waals surface area contributed by atoms with Crippen molar-refractivity contribution < 1.29 is 14.2 Å². The number of thioether (sulfide) groups is 1. The molecule has 0 saturated carbocycles. The summed E-state index contributed by atoms with van der Waals surface area (Å²) in [5.41, 5.74) is 4.08. The van der Waals surface area contributed by atoms with Crippen LogP contribution in [0.5, 0.6) is 5.75 Å². The summed E-state index contributed by atoms with van der Waals surface area (Å²) in [6, 6.07) is 4.07. The highest BCUT2D eigenvalue weighted by Gasteiger charge is 2.26. The zero-order valence-electron chi connectivity index (χ0n) is 15.9. The number of hydrogen-bond donors (Lipinski definition) is 0. The second-order valence-electron chi connectivity index (χ2n) is 7.13. The summed E-state index contributed by atoms with van der Waals surface area (Å²) >= 11 is 1.87. The number of benzene rings is 1. The Hall–Kier alpha value is -2.09. The third kappa shape index (κ3) is 3.27. The summed E-state index contributed by atoms with van der Waals surface area (Å²) in [5.74, 6) is 2.98. The van der Waals surface area contributed by atoms with Crippen LogP contribution >= 0.6 is 11.8 Å². The molecular weight excluding hydrogens is 374 g/mol. The number of ether oxygens (including phenoxy) is 3. The lowest BCUT2D eigenvalue weighted by molar-refractivity contribution is 0.161. The van der Waals surface area contributed by atoms with Crippen LogP contribution in [0, 0.1) is 5.92 Å². The van der Waals surface area contributed by atoms with E-state index in [-0.39, 0.29) is 0 Å². The van der Waals surface area contributed by atoms with Gasteiger partial charge in [-0.05, 0) is 30.5 Å². The molecule has 0 radical (unpaired) electrons. The Labute approximate surface area is 168 Å². The van der Waals surface area contributed by atoms with E-state index in [0.717, 1.165) is 66.7 Å². The third-order valence-corrected chi connectivity index (χ3v) is 6.64. The molecule has 0 spiro atoms. The second-order valence-corrected chi connectivity index (χ2v) is 8.15. The predicted octanol–water partition coefficient (Wildman–Crippen LogP) is 3.83. The van der Waals surface area contributed by atoms with Crippen molar-refractivity contribution in [2.45, 2.75) is 12.8 Å². The number of fused-ring (bicyclic) bond motifs is 1. The summed E-state index contributed by atoms with van der Waals surface area (Å²) in [6.45, 7) is 3.08. The highest BCUT2D eigenvalue weighted by molar-refractivity contribution is 8.03. The molecule has 0 N–H and O–H groups in total. The summed E-state index contributed by atoms with van der Waals surface area (Å²) < 4.78 is 16.6. The Morgan fingerprint density at radius 2 is 2.18 bits per heavy atom. The van der Waals surface area contributed by atoms with Gasteiger partial charge < -0.3 is 19.1 Å². The van der Waals surface area contributed by atoms with Crippen molar-refractivity contribution in [1.82, 2.24) is 9.97 Å². The molecule has 1 aromatic carbocycles. The van der Waals surface area contributed by atoms with Gasteiger partial charge in [0.05, 0.1) is 39.0 Å². The summed E-state index contributed by atoms with van der Waals surface area (Å²) in [5, 5.41) is 0. The summed E-state index contributed by atoms with van der Waals surface area (Å²) in [7, 11) is 1.68. The van der Waals surface area contributed by atoms with Crippen molar-refractivity contribution in [2.24, 2.45) is 5.92 Å². The maximum absolute atomic E-state index is 5.59. The predicted molar refractivity (Wildman–Crippen MR) is 111 cm³/mol. The van der Waals surface area contributed by atoms with Gasteiger partial charge in [0.15, 0.2) is 5.82 Å². The van der Waals surface area contributed by atoms with Gasteiger partial charge >= 0.3 is 0 Å². The largest absolute Gasteiger partial charge is 0.494 e. The van der Waals surface area contributed by atoms with Crippen LogP contribution in [-0.2, 0) is 9.47 Å². The van der Waals surface area contributed by atoms with Crippen LogP contribution in [-0.4, -0.2) is 49.4 Å². The first-order valence-electron chi connectivity index (χ1n) is 9.63. The maximum atomic E-state index is 5.59. The van der Waals surface area contributed by atoms with Gasteiger partial charge in [-0.15, -0.1) is 11.8 Å². The average molecular weight is 398 g/mol. The first-order chi connectivity index (χ1) is 13.8. The Morgan fingerprint density at radius 3 is 2.96 bits per heavy atom. The molecule has 4 heterocycles. The standard InChI is InChI=1S/C21H23N3O3S/c1-25-17-3-2-16(14-4-7-26-8-5-14)20-21(17)23-19(10-22-20)24-11-18(28-13-24)15-6-9-27-12-15/h2-4,10-11,15H,5-9,12-13H2,1H3. The molecule has 7 heteroatoms. The van der Waals surface area contributed by atoms with Gasteiger partial charge in [-0.25, -0.2) is 9.97 Å². The van der Waals surface area contributed by atoms with E-state index in [1.165, 1.54) is 10.5 Å². The molecule has 28 heavy (non-hydrogen) atoms. The fourth-order valence-corrected chi connectivity index (χ4v) is 5.00. The molecule has 1 atom stereocenters. The van der Waals surface area contributed by atoms with Crippen molar-refractivity contribution in [3.05, 3.63) is 41.1 Å². The minimum Gasteiger partial charge on any atom is -0.494 e. The number of rotatable bonds is 4. The van der Waals surface area contributed by atoms with E-state index in [1.807, 2.05) is 24.0 Å². The lowest BCUT2D eigenvalue weighted by Crippen LogP contribution is -2.13. The number of hydrogen-bond acceptors (Lipinski definition) is 7. The molecule has 0 bridgehead atoms. The first-order valence-corrected chi connectivity index (χ1v) is 10.6. The highest BCUT2D eigenvalue weighted by Crippen LogP contribution is 2.38. The van der Waals surface area contributed by atoms with E-state index in [2.05, 4.69) is 23.2 Å². The van der Waals surface area contributed by atoms with Crippen molar-refractivity contribution in [3.8, 4) is 5.75 Å². The van der Waals surface area contributed by atoms with Crippen LogP contribution in [0.15, 0.2) is 35.5 Å². The van der Waals surface area contributed by atoms with E-state index < -0.39 is 0 Å². The number of nitrogens with zero attached hydrogens (tertiary/aromatic N) is 3. The minimum atomic E-state index is 0.519. The summed E-state index contributed by atoms with van der Waals surface area (Å²) in [6.07, 6.45) is 8.21. The smallest absolute Gasteiger partial charge is 0.152 e.